The van der Waals surface area contributed by atoms with E-state index < -0.39 is 24.3 Å². The average Bonchev–Trinajstić information content (AvgIpc) is 3.09. The number of rotatable bonds is 5. The minimum atomic E-state index is -1.38. The molecule has 4 rings (SSSR count). The predicted octanol–water partition coefficient (Wildman–Crippen LogP) is 3.06. The van der Waals surface area contributed by atoms with Crippen LogP contribution in [0.1, 0.15) is 79.1 Å². The maximum Gasteiger partial charge on any atom is 0.332 e. The van der Waals surface area contributed by atoms with Gasteiger partial charge in [-0.25, -0.2) is 4.79 Å². The van der Waals surface area contributed by atoms with E-state index in [0.29, 0.717) is 6.42 Å². The normalized spacial score (nSPS) is 52.4. The van der Waals surface area contributed by atoms with E-state index >= 15 is 0 Å². The molecule has 0 aromatic rings. The highest BCUT2D eigenvalue weighted by Gasteiger charge is 2.67. The number of hydrogen-bond donors (Lipinski definition) is 5. The number of aliphatic hydroxyl groups excluding tert-OH is 4. The van der Waals surface area contributed by atoms with Crippen molar-refractivity contribution in [3.8, 4) is 0 Å². The van der Waals surface area contributed by atoms with Gasteiger partial charge < -0.3 is 25.5 Å². The summed E-state index contributed by atoms with van der Waals surface area (Å²) < 4.78 is 0. The van der Waals surface area contributed by atoms with Crippen LogP contribution in [0.3, 0.4) is 0 Å². The first-order valence-electron chi connectivity index (χ1n) is 12.9. The number of carboxylic acids is 1. The van der Waals surface area contributed by atoms with Crippen molar-refractivity contribution in [2.75, 3.05) is 0 Å². The SMILES string of the molecule is CC[C@H]1[C@@H](O)[C@@H]2[C@H](C[C@H](O)[C@]3(C)[C@@H]([C@H](C)C[C@@H](O)C(=O)O)CC[C@@H]23)[C@@]2(C)CC[C@@H](O)C[C@@H]12. The maximum atomic E-state index is 11.7. The quantitative estimate of drug-likeness (QED) is 0.438. The summed E-state index contributed by atoms with van der Waals surface area (Å²) in [6.07, 6.45) is 3.50. The van der Waals surface area contributed by atoms with Gasteiger partial charge >= 0.3 is 5.97 Å². The van der Waals surface area contributed by atoms with E-state index in [-0.39, 0.29) is 64.8 Å². The molecule has 4 aliphatic carbocycles. The van der Waals surface area contributed by atoms with Crippen LogP contribution in [0.4, 0.5) is 0 Å². The van der Waals surface area contributed by atoms with Crippen LogP contribution in [0.2, 0.25) is 0 Å². The maximum absolute atomic E-state index is 11.7. The molecule has 0 bridgehead atoms. The Balaban J connectivity index is 1.66. The summed E-state index contributed by atoms with van der Waals surface area (Å²) in [5, 5.41) is 52.9. The molecule has 0 radical (unpaired) electrons. The van der Waals surface area contributed by atoms with Crippen molar-refractivity contribution in [1.82, 2.24) is 0 Å². The highest BCUT2D eigenvalue weighted by Crippen LogP contribution is 2.69. The number of carbonyl (C=O) groups is 1. The van der Waals surface area contributed by atoms with Gasteiger partial charge in [-0.2, -0.15) is 0 Å². The predicted molar refractivity (Wildman–Crippen MR) is 121 cm³/mol. The Morgan fingerprint density at radius 2 is 1.72 bits per heavy atom. The van der Waals surface area contributed by atoms with Gasteiger partial charge in [0, 0.05) is 0 Å². The molecule has 4 aliphatic rings. The van der Waals surface area contributed by atoms with Crippen LogP contribution in [-0.2, 0) is 4.79 Å². The lowest BCUT2D eigenvalue weighted by Crippen LogP contribution is -2.65. The molecule has 0 aromatic heterocycles. The highest BCUT2D eigenvalue weighted by molar-refractivity contribution is 5.71. The number of fused-ring (bicyclic) bond motifs is 5. The first-order valence-corrected chi connectivity index (χ1v) is 12.9. The van der Waals surface area contributed by atoms with Gasteiger partial charge in [-0.1, -0.05) is 34.1 Å². The second-order valence-corrected chi connectivity index (χ2v) is 12.3. The van der Waals surface area contributed by atoms with Gasteiger partial charge in [0.1, 0.15) is 0 Å². The van der Waals surface area contributed by atoms with Crippen molar-refractivity contribution in [1.29, 1.82) is 0 Å². The van der Waals surface area contributed by atoms with Gasteiger partial charge in [0.15, 0.2) is 6.10 Å². The molecule has 6 heteroatoms. The van der Waals surface area contributed by atoms with Crippen molar-refractivity contribution in [3.63, 3.8) is 0 Å². The van der Waals surface area contributed by atoms with Crippen LogP contribution in [0.25, 0.3) is 0 Å². The summed E-state index contributed by atoms with van der Waals surface area (Å²) in [7, 11) is 0. The Hall–Kier alpha value is -0.690. The van der Waals surface area contributed by atoms with Gasteiger partial charge in [0.05, 0.1) is 18.3 Å². The van der Waals surface area contributed by atoms with Gasteiger partial charge in [0.2, 0.25) is 0 Å². The van der Waals surface area contributed by atoms with Crippen LogP contribution in [-0.4, -0.2) is 55.9 Å². The fourth-order valence-corrected chi connectivity index (χ4v) is 9.51. The van der Waals surface area contributed by atoms with E-state index in [0.717, 1.165) is 38.5 Å². The molecule has 13 atom stereocenters. The lowest BCUT2D eigenvalue weighted by atomic mass is 9.41. The molecule has 0 aliphatic heterocycles. The molecular weight excluding hydrogens is 408 g/mol. The van der Waals surface area contributed by atoms with Crippen molar-refractivity contribution in [2.24, 2.45) is 52.3 Å². The van der Waals surface area contributed by atoms with Crippen LogP contribution in [0, 0.1) is 52.3 Å². The fourth-order valence-electron chi connectivity index (χ4n) is 9.51. The van der Waals surface area contributed by atoms with Crippen molar-refractivity contribution in [3.05, 3.63) is 0 Å². The third-order valence-electron chi connectivity index (χ3n) is 11.1. The standard InChI is InChI=1S/C26H44O6/c1-5-15-18-11-14(27)8-9-25(18,3)19-12-21(29)26(4)16(13(2)10-20(28)24(31)32)6-7-17(26)22(19)23(15)30/h13-23,27-30H,5-12H2,1-4H3,(H,31,32)/t13-,14-,15-,16-,17+,18+,19+,20-,21+,22+,23-,25+,26-/m1/s1. The van der Waals surface area contributed by atoms with Gasteiger partial charge in [-0.3, -0.25) is 0 Å². The smallest absolute Gasteiger partial charge is 0.332 e. The Bertz CT molecular complexity index is 712. The molecule has 0 unspecified atom stereocenters. The third-order valence-corrected chi connectivity index (χ3v) is 11.1. The number of carboxylic acid groups (broad SMARTS) is 1. The van der Waals surface area contributed by atoms with E-state index in [1.165, 1.54) is 0 Å². The van der Waals surface area contributed by atoms with E-state index in [1.807, 2.05) is 6.92 Å². The summed E-state index contributed by atoms with van der Waals surface area (Å²) >= 11 is 0. The van der Waals surface area contributed by atoms with E-state index in [9.17, 15) is 30.3 Å². The zero-order valence-electron chi connectivity index (χ0n) is 20.2. The van der Waals surface area contributed by atoms with Crippen molar-refractivity contribution >= 4 is 5.97 Å². The monoisotopic (exact) mass is 452 g/mol. The Kier molecular flexibility index (Phi) is 6.50. The molecule has 5 N–H and O–H groups in total. The molecule has 4 saturated carbocycles. The van der Waals surface area contributed by atoms with Crippen LogP contribution < -0.4 is 0 Å². The lowest BCUT2D eigenvalue weighted by molar-refractivity contribution is -0.228. The van der Waals surface area contributed by atoms with E-state index in [4.69, 9.17) is 0 Å². The summed E-state index contributed by atoms with van der Waals surface area (Å²) in [4.78, 5) is 11.2. The molecule has 0 aromatic carbocycles. The summed E-state index contributed by atoms with van der Waals surface area (Å²) in [6, 6.07) is 0. The second-order valence-electron chi connectivity index (χ2n) is 12.3. The van der Waals surface area contributed by atoms with Gasteiger partial charge in [-0.05, 0) is 97.2 Å². The van der Waals surface area contributed by atoms with Gasteiger partial charge in [-0.15, -0.1) is 0 Å². The zero-order valence-corrected chi connectivity index (χ0v) is 20.2. The van der Waals surface area contributed by atoms with Crippen molar-refractivity contribution < 1.29 is 30.3 Å². The Morgan fingerprint density at radius 1 is 1.03 bits per heavy atom. The van der Waals surface area contributed by atoms with Crippen molar-refractivity contribution in [2.45, 2.75) is 103 Å². The summed E-state index contributed by atoms with van der Waals surface area (Å²) in [5.41, 5.74) is -0.356. The Morgan fingerprint density at radius 3 is 2.34 bits per heavy atom. The number of hydrogen-bond acceptors (Lipinski definition) is 5. The molecule has 0 heterocycles. The second kappa shape index (κ2) is 8.51. The van der Waals surface area contributed by atoms with Crippen LogP contribution >= 0.6 is 0 Å². The number of aliphatic carboxylic acids is 1. The summed E-state index contributed by atoms with van der Waals surface area (Å²) in [6.45, 7) is 8.67. The lowest BCUT2D eigenvalue weighted by Gasteiger charge is -2.65. The minimum Gasteiger partial charge on any atom is -0.479 e. The fraction of sp³-hybridized carbons (Fsp3) is 0.962. The van der Waals surface area contributed by atoms with Crippen LogP contribution in [0.15, 0.2) is 0 Å². The molecule has 0 saturated heterocycles. The first kappa shape index (κ1) is 24.4. The zero-order chi connectivity index (χ0) is 23.6. The van der Waals surface area contributed by atoms with E-state index in [2.05, 4.69) is 20.8 Å². The van der Waals surface area contributed by atoms with E-state index in [1.54, 1.807) is 0 Å². The molecular formula is C26H44O6. The first-order chi connectivity index (χ1) is 15.0. The minimum absolute atomic E-state index is 0.0156. The van der Waals surface area contributed by atoms with Crippen LogP contribution in [0.5, 0.6) is 0 Å². The molecule has 184 valence electrons. The highest BCUT2D eigenvalue weighted by atomic mass is 16.4. The average molecular weight is 453 g/mol. The molecule has 0 spiro atoms. The summed E-state index contributed by atoms with van der Waals surface area (Å²) in [5.74, 6) is -0.0587. The number of aliphatic hydroxyl groups is 4. The molecule has 0 amide bonds. The topological polar surface area (TPSA) is 118 Å². The largest absolute Gasteiger partial charge is 0.479 e. The molecule has 6 nitrogen and oxygen atoms in total. The van der Waals surface area contributed by atoms with Gasteiger partial charge in [0.25, 0.3) is 0 Å². The molecule has 4 fully saturated rings. The Labute approximate surface area is 192 Å². The molecule has 32 heavy (non-hydrogen) atoms. The third kappa shape index (κ3) is 3.47.